The van der Waals surface area contributed by atoms with Gasteiger partial charge in [0, 0.05) is 18.4 Å². The molecule has 0 bridgehead atoms. The van der Waals surface area contributed by atoms with E-state index in [9.17, 15) is 34.5 Å². The van der Waals surface area contributed by atoms with E-state index in [1.807, 2.05) is 0 Å². The molecule has 560 valence electrons. The van der Waals surface area contributed by atoms with Gasteiger partial charge < -0.3 is 30.6 Å². The van der Waals surface area contributed by atoms with Gasteiger partial charge in [-0.25, -0.2) is 0 Å². The smallest absolute Gasteiger partial charge is 0.0682 e. The van der Waals surface area contributed by atoms with Crippen molar-refractivity contribution in [3.05, 3.63) is 34.9 Å². The Kier molecular flexibility index (Phi) is 30.6. The fraction of sp³-hybridized carbons (Fsp3) is 0.932. The molecule has 9 fully saturated rings. The van der Waals surface area contributed by atoms with E-state index in [0.717, 1.165) is 184 Å². The molecule has 12 rings (SSSR count). The summed E-state index contributed by atoms with van der Waals surface area (Å²) < 4.78 is 10.2. The van der Waals surface area contributed by atoms with Crippen LogP contribution in [-0.4, -0.2) is 72.0 Å². The van der Waals surface area contributed by atoms with E-state index < -0.39 is 16.8 Å². The SMILES string of the molecule is C.C.C.CC[C@]1(O)CC[C@H]2C(=CC[C@@H]3[C@@H]2CC[C@]2(C)[C@@H]([C@H](C)CCC(O)C(C)C)CC[C@@H]32)C1.CC[C@]1(O)CC[C@H]2C(=CC[C@@H]3[C@@H]2CC[C@]2(C)[C@@H]([C@H](C)CC[C@@H](O)C(C)C)CC[C@@H]32)C1.CC[C@]1(O)CC[C@H]2C(=CC[C@@H]3[C@@H]2CC[C@]2(C)[C@@H]([C@H](C)CC[C@H](O)C(C)C)CC[C@@H]32)C1.CSF. The second-order valence-electron chi connectivity index (χ2n) is 37.5. The van der Waals surface area contributed by atoms with Crippen molar-refractivity contribution in [1.82, 2.24) is 0 Å². The summed E-state index contributed by atoms with van der Waals surface area (Å²) in [4.78, 5) is 0. The van der Waals surface area contributed by atoms with Crippen molar-refractivity contribution in [1.29, 1.82) is 0 Å². The maximum Gasteiger partial charge on any atom is 0.0682 e. The molecule has 0 aromatic rings. The van der Waals surface area contributed by atoms with E-state index in [1.165, 1.54) is 141 Å². The second kappa shape index (κ2) is 34.9. The number of hydrogen-bond donors (Lipinski definition) is 6. The van der Waals surface area contributed by atoms with Crippen LogP contribution in [-0.2, 0) is 0 Å². The molecular weight excluding hydrogens is 1200 g/mol. The Morgan fingerprint density at radius 3 is 0.844 bits per heavy atom. The molecule has 9 saturated carbocycles. The molecule has 8 heteroatoms. The minimum Gasteiger partial charge on any atom is -0.393 e. The number of allylic oxidation sites excluding steroid dienone is 3. The lowest BCUT2D eigenvalue weighted by Crippen LogP contribution is -2.48. The second-order valence-corrected chi connectivity index (χ2v) is 37.8. The van der Waals surface area contributed by atoms with E-state index in [4.69, 9.17) is 0 Å². The first-order valence-corrected chi connectivity index (χ1v) is 41.5. The van der Waals surface area contributed by atoms with Gasteiger partial charge in [0.2, 0.25) is 0 Å². The highest BCUT2D eigenvalue weighted by Gasteiger charge is 2.61. The number of aliphatic hydroxyl groups is 6. The van der Waals surface area contributed by atoms with Crippen LogP contribution in [0.4, 0.5) is 3.89 Å². The van der Waals surface area contributed by atoms with Crippen molar-refractivity contribution >= 4 is 12.1 Å². The molecule has 0 radical (unpaired) electrons. The first-order valence-electron chi connectivity index (χ1n) is 40.4. The Hall–Kier alpha value is -0.740. The van der Waals surface area contributed by atoms with Gasteiger partial charge in [0.1, 0.15) is 0 Å². The number of halogens is 1. The van der Waals surface area contributed by atoms with Gasteiger partial charge in [0.05, 0.1) is 35.1 Å². The first-order chi connectivity index (χ1) is 44.0. The third kappa shape index (κ3) is 17.6. The van der Waals surface area contributed by atoms with Crippen LogP contribution < -0.4 is 0 Å². The maximum absolute atomic E-state index is 10.9. The van der Waals surface area contributed by atoms with E-state index in [1.54, 1.807) is 16.7 Å². The highest BCUT2D eigenvalue weighted by molar-refractivity contribution is 7.93. The highest BCUT2D eigenvalue weighted by atomic mass is 32.2. The molecule has 0 spiro atoms. The Bertz CT molecular complexity index is 2210. The summed E-state index contributed by atoms with van der Waals surface area (Å²) >= 11 is 0.250. The normalized spacial score (nSPS) is 42.7. The fourth-order valence-electron chi connectivity index (χ4n) is 25.8. The van der Waals surface area contributed by atoms with Crippen molar-refractivity contribution in [3.8, 4) is 0 Å². The van der Waals surface area contributed by atoms with Crippen molar-refractivity contribution in [2.45, 2.75) is 373 Å². The summed E-state index contributed by atoms with van der Waals surface area (Å²) in [6, 6.07) is 0. The van der Waals surface area contributed by atoms with Crippen molar-refractivity contribution < 1.29 is 34.5 Å². The molecule has 1 unspecified atom stereocenters. The van der Waals surface area contributed by atoms with Gasteiger partial charge in [0.15, 0.2) is 0 Å². The zero-order valence-electron chi connectivity index (χ0n) is 62.9. The number of hydrogen-bond acceptors (Lipinski definition) is 7. The van der Waals surface area contributed by atoms with E-state index in [2.05, 4.69) is 122 Å². The average Bonchev–Trinajstić information content (AvgIpc) is 1.52. The predicted octanol–water partition coefficient (Wildman–Crippen LogP) is 23.4. The molecule has 96 heavy (non-hydrogen) atoms. The lowest BCUT2D eigenvalue weighted by Gasteiger charge is -2.55. The van der Waals surface area contributed by atoms with Gasteiger partial charge >= 0.3 is 0 Å². The van der Waals surface area contributed by atoms with Crippen LogP contribution >= 0.6 is 12.1 Å². The molecule has 12 aliphatic rings. The standard InChI is InChI=1S/3C28H48O2.CH3FS.3CH4/c3*1-6-28(30)16-14-21-20(17-28)8-9-23-22(21)13-15-27(5)24(10-11-25(23)27)19(4)7-12-26(29)18(2)3;1-3-2;;;/h3*8,18-19,21-26,29-30H,6-7,9-17H2,1-5H3;1H3;3*1H4/t19-,21+,22-,23-,24-,25+,26?,27-,28+;19-,21+,22-,23-,24-,25+,26+,27-,28+;19-,21+,22-,23-,24-,25+,26-,27-,28+;;;;/m111..../s1. The summed E-state index contributed by atoms with van der Waals surface area (Å²) in [7, 11) is 0. The molecule has 6 nitrogen and oxygen atoms in total. The Labute approximate surface area is 598 Å². The van der Waals surface area contributed by atoms with Gasteiger partial charge in [-0.1, -0.05) is 161 Å². The average molecular weight is 1360 g/mol. The molecule has 0 heterocycles. The number of fused-ring (bicyclic) bond motifs is 15. The lowest BCUT2D eigenvalue weighted by molar-refractivity contribution is -0.0467. The molecule has 0 aromatic carbocycles. The topological polar surface area (TPSA) is 121 Å². The van der Waals surface area contributed by atoms with Crippen molar-refractivity contribution in [2.24, 2.45) is 141 Å². The van der Waals surface area contributed by atoms with Crippen LogP contribution in [0.2, 0.25) is 0 Å². The molecule has 0 amide bonds. The number of rotatable bonds is 18. The fourth-order valence-corrected chi connectivity index (χ4v) is 25.8. The molecular formula is C88H159FO6S. The maximum atomic E-state index is 10.9. The van der Waals surface area contributed by atoms with Crippen LogP contribution in [0.3, 0.4) is 0 Å². The van der Waals surface area contributed by atoms with Gasteiger partial charge in [-0.2, -0.15) is 3.89 Å². The molecule has 0 aromatic heterocycles. The lowest BCUT2D eigenvalue weighted by atomic mass is 9.50. The van der Waals surface area contributed by atoms with Crippen LogP contribution in [0.5, 0.6) is 0 Å². The largest absolute Gasteiger partial charge is 0.393 e. The zero-order valence-corrected chi connectivity index (χ0v) is 63.7. The number of aliphatic hydroxyl groups excluding tert-OH is 3. The third-order valence-electron chi connectivity index (χ3n) is 32.1. The molecule has 6 N–H and O–H groups in total. The van der Waals surface area contributed by atoms with Crippen LogP contribution in [0.25, 0.3) is 0 Å². The molecule has 27 atom stereocenters. The monoisotopic (exact) mass is 1360 g/mol. The van der Waals surface area contributed by atoms with E-state index >= 15 is 0 Å². The van der Waals surface area contributed by atoms with Gasteiger partial charge in [-0.05, 0) is 352 Å². The highest BCUT2D eigenvalue weighted by Crippen LogP contribution is 2.69. The Balaban J connectivity index is 0.000000220. The zero-order chi connectivity index (χ0) is 67.8. The summed E-state index contributed by atoms with van der Waals surface area (Å²) in [6.07, 6.45) is 48.1. The molecule has 12 aliphatic carbocycles. The molecule has 0 saturated heterocycles. The summed E-state index contributed by atoms with van der Waals surface area (Å²) in [5.41, 5.74) is 5.09. The van der Waals surface area contributed by atoms with Gasteiger partial charge in [-0.3, -0.25) is 0 Å². The van der Waals surface area contributed by atoms with Crippen molar-refractivity contribution in [3.63, 3.8) is 0 Å². The van der Waals surface area contributed by atoms with E-state index in [0.29, 0.717) is 34.0 Å². The minimum atomic E-state index is -0.424. The van der Waals surface area contributed by atoms with Gasteiger partial charge in [-0.15, -0.1) is 0 Å². The van der Waals surface area contributed by atoms with E-state index in [-0.39, 0.29) is 52.7 Å². The van der Waals surface area contributed by atoms with Crippen molar-refractivity contribution in [2.75, 3.05) is 6.26 Å². The Morgan fingerprint density at radius 2 is 0.625 bits per heavy atom. The Morgan fingerprint density at radius 1 is 0.385 bits per heavy atom. The predicted molar refractivity (Wildman–Crippen MR) is 410 cm³/mol. The summed E-state index contributed by atoms with van der Waals surface area (Å²) in [6.45, 7) is 34.6. The quantitative estimate of drug-likeness (QED) is 0.0756. The summed E-state index contributed by atoms with van der Waals surface area (Å²) in [5.74, 6) is 16.1. The third-order valence-corrected chi connectivity index (χ3v) is 32.1. The van der Waals surface area contributed by atoms with Crippen LogP contribution in [0.1, 0.15) is 338 Å². The van der Waals surface area contributed by atoms with Crippen LogP contribution in [0.15, 0.2) is 34.9 Å². The summed E-state index contributed by atoms with van der Waals surface area (Å²) in [5, 5.41) is 63.5. The first kappa shape index (κ1) is 84.2. The molecule has 0 aliphatic heterocycles. The minimum absolute atomic E-state index is 0. The van der Waals surface area contributed by atoms with Gasteiger partial charge in [0.25, 0.3) is 0 Å². The van der Waals surface area contributed by atoms with Crippen LogP contribution in [0, 0.1) is 141 Å².